The molecule has 0 aliphatic heterocycles. The Bertz CT molecular complexity index is 1190. The molecule has 166 valence electrons. The van der Waals surface area contributed by atoms with Crippen LogP contribution in [0.5, 0.6) is 5.75 Å². The van der Waals surface area contributed by atoms with Gasteiger partial charge in [0.15, 0.2) is 4.77 Å². The van der Waals surface area contributed by atoms with Gasteiger partial charge < -0.3 is 14.0 Å². The molecular weight excluding hydrogens is 445 g/mol. The van der Waals surface area contributed by atoms with E-state index in [1.165, 1.54) is 35.9 Å². The zero-order chi connectivity index (χ0) is 22.8. The van der Waals surface area contributed by atoms with Gasteiger partial charge in [0.25, 0.3) is 5.56 Å². The molecule has 6 nitrogen and oxygen atoms in total. The van der Waals surface area contributed by atoms with Gasteiger partial charge >= 0.3 is 12.8 Å². The minimum atomic E-state index is -4.85. The Balaban J connectivity index is 2.24. The highest BCUT2D eigenvalue weighted by atomic mass is 32.1. The molecule has 0 unspecified atom stereocenters. The summed E-state index contributed by atoms with van der Waals surface area (Å²) >= 11 is 5.13. The van der Waals surface area contributed by atoms with Gasteiger partial charge in [-0.15, -0.1) is 0 Å². The van der Waals surface area contributed by atoms with Crippen LogP contribution in [-0.2, 0) is 17.5 Å². The lowest BCUT2D eigenvalue weighted by Crippen LogP contribution is -2.21. The molecule has 3 rings (SSSR count). The molecular formula is C19H16F5N3O3S. The van der Waals surface area contributed by atoms with Gasteiger partial charge in [-0.2, -0.15) is 22.0 Å². The fourth-order valence-electron chi connectivity index (χ4n) is 3.03. The van der Waals surface area contributed by atoms with Crippen LogP contribution in [0.1, 0.15) is 12.0 Å². The van der Waals surface area contributed by atoms with E-state index in [1.54, 1.807) is 0 Å². The minimum Gasteiger partial charge on any atom is -0.435 e. The summed E-state index contributed by atoms with van der Waals surface area (Å²) in [6, 6.07) is 5.70. The van der Waals surface area contributed by atoms with Crippen LogP contribution in [0, 0.1) is 4.77 Å². The maximum Gasteiger partial charge on any atom is 0.417 e. The first-order chi connectivity index (χ1) is 14.6. The van der Waals surface area contributed by atoms with Crippen molar-refractivity contribution in [1.82, 2.24) is 14.5 Å². The molecule has 1 N–H and O–H groups in total. The highest BCUT2D eigenvalue weighted by molar-refractivity contribution is 7.71. The Labute approximate surface area is 177 Å². The molecule has 0 aliphatic carbocycles. The summed E-state index contributed by atoms with van der Waals surface area (Å²) in [7, 11) is 1.48. The number of fused-ring (bicyclic) bond motifs is 1. The summed E-state index contributed by atoms with van der Waals surface area (Å²) < 4.78 is 76.5. The number of hydrogen-bond acceptors (Lipinski definition) is 5. The van der Waals surface area contributed by atoms with Gasteiger partial charge in [0, 0.05) is 25.8 Å². The maximum atomic E-state index is 13.8. The van der Waals surface area contributed by atoms with Crippen LogP contribution in [-0.4, -0.2) is 34.9 Å². The Morgan fingerprint density at radius 3 is 2.48 bits per heavy atom. The number of H-pyrrole nitrogens is 1. The van der Waals surface area contributed by atoms with Gasteiger partial charge in [0.05, 0.1) is 16.6 Å². The number of benzene rings is 1. The normalized spacial score (nSPS) is 12.0. The lowest BCUT2D eigenvalue weighted by Gasteiger charge is -2.16. The van der Waals surface area contributed by atoms with Crippen LogP contribution in [0.2, 0.25) is 0 Å². The topological polar surface area (TPSA) is 69.1 Å². The van der Waals surface area contributed by atoms with E-state index in [0.29, 0.717) is 13.0 Å². The molecule has 2 heterocycles. The number of aromatic nitrogens is 3. The third kappa shape index (κ3) is 5.07. The highest BCUT2D eigenvalue weighted by Crippen LogP contribution is 2.35. The average molecular weight is 461 g/mol. The maximum absolute atomic E-state index is 13.8. The molecule has 31 heavy (non-hydrogen) atoms. The van der Waals surface area contributed by atoms with Crippen molar-refractivity contribution in [1.29, 1.82) is 0 Å². The molecule has 0 spiro atoms. The van der Waals surface area contributed by atoms with Gasteiger partial charge in [0.1, 0.15) is 11.4 Å². The van der Waals surface area contributed by atoms with E-state index in [4.69, 9.17) is 17.0 Å². The molecule has 1 aromatic carbocycles. The van der Waals surface area contributed by atoms with Crippen LogP contribution < -0.4 is 10.3 Å². The molecule has 2 aromatic heterocycles. The molecule has 0 aliphatic rings. The standard InChI is InChI=1S/C19H16F5N3O3S/c1-29-8-2-7-27-15-14(16(28)26-18(27)31)12(19(22,23)24)9-13(25-15)10-3-5-11(6-4-10)30-17(20)21/h3-6,9,17H,2,7-8H2,1H3,(H,26,28,31). The number of ether oxygens (including phenoxy) is 2. The number of alkyl halides is 5. The molecule has 12 heteroatoms. The molecule has 0 amide bonds. The summed E-state index contributed by atoms with van der Waals surface area (Å²) in [5.41, 5.74) is -2.32. The molecule has 0 saturated carbocycles. The molecule has 0 radical (unpaired) electrons. The number of aromatic amines is 1. The van der Waals surface area contributed by atoms with Gasteiger partial charge in [0.2, 0.25) is 0 Å². The fraction of sp³-hybridized carbons (Fsp3) is 0.316. The zero-order valence-corrected chi connectivity index (χ0v) is 16.8. The van der Waals surface area contributed by atoms with Crippen molar-refractivity contribution >= 4 is 23.3 Å². The van der Waals surface area contributed by atoms with E-state index in [9.17, 15) is 26.7 Å². The van der Waals surface area contributed by atoms with E-state index in [2.05, 4.69) is 14.7 Å². The predicted molar refractivity (Wildman–Crippen MR) is 105 cm³/mol. The minimum absolute atomic E-state index is 0.0768. The Hall–Kier alpha value is -2.86. The monoisotopic (exact) mass is 461 g/mol. The molecule has 0 fully saturated rings. The smallest absolute Gasteiger partial charge is 0.417 e. The van der Waals surface area contributed by atoms with Crippen LogP contribution in [0.25, 0.3) is 22.3 Å². The van der Waals surface area contributed by atoms with Crippen LogP contribution in [0.15, 0.2) is 35.1 Å². The van der Waals surface area contributed by atoms with Crippen molar-refractivity contribution in [2.45, 2.75) is 25.8 Å². The second kappa shape index (κ2) is 9.10. The number of methoxy groups -OCH3 is 1. The van der Waals surface area contributed by atoms with Gasteiger partial charge in [-0.25, -0.2) is 4.98 Å². The Kier molecular flexibility index (Phi) is 6.70. The summed E-state index contributed by atoms with van der Waals surface area (Å²) in [6.45, 7) is -2.56. The van der Waals surface area contributed by atoms with Crippen molar-refractivity contribution in [3.63, 3.8) is 0 Å². The first kappa shape index (κ1) is 22.8. The highest BCUT2D eigenvalue weighted by Gasteiger charge is 2.35. The molecule has 0 saturated heterocycles. The van der Waals surface area contributed by atoms with Crippen molar-refractivity contribution in [2.75, 3.05) is 13.7 Å². The second-order valence-corrected chi connectivity index (χ2v) is 6.80. The lowest BCUT2D eigenvalue weighted by atomic mass is 10.1. The van der Waals surface area contributed by atoms with E-state index in [0.717, 1.165) is 6.07 Å². The van der Waals surface area contributed by atoms with E-state index in [-0.39, 0.29) is 34.0 Å². The first-order valence-corrected chi connectivity index (χ1v) is 9.32. The lowest BCUT2D eigenvalue weighted by molar-refractivity contribution is -0.136. The van der Waals surface area contributed by atoms with Gasteiger partial charge in [-0.3, -0.25) is 9.78 Å². The molecule has 0 atom stereocenters. The quantitative estimate of drug-likeness (QED) is 0.312. The Morgan fingerprint density at radius 2 is 1.90 bits per heavy atom. The number of hydrogen-bond donors (Lipinski definition) is 1. The van der Waals surface area contributed by atoms with Crippen LogP contribution in [0.4, 0.5) is 22.0 Å². The predicted octanol–water partition coefficient (Wildman–Crippen LogP) is 4.78. The Morgan fingerprint density at radius 1 is 1.23 bits per heavy atom. The molecule has 3 aromatic rings. The van der Waals surface area contributed by atoms with E-state index in [1.807, 2.05) is 0 Å². The van der Waals surface area contributed by atoms with Crippen LogP contribution >= 0.6 is 12.2 Å². The van der Waals surface area contributed by atoms with Crippen molar-refractivity contribution in [3.05, 3.63) is 51.0 Å². The van der Waals surface area contributed by atoms with E-state index >= 15 is 0 Å². The molecule has 0 bridgehead atoms. The largest absolute Gasteiger partial charge is 0.435 e. The average Bonchev–Trinajstić information content (AvgIpc) is 2.69. The number of nitrogens with zero attached hydrogens (tertiary/aromatic N) is 2. The zero-order valence-electron chi connectivity index (χ0n) is 16.0. The first-order valence-electron chi connectivity index (χ1n) is 8.91. The second-order valence-electron chi connectivity index (χ2n) is 6.41. The van der Waals surface area contributed by atoms with Gasteiger partial charge in [-0.05, 0) is 49.0 Å². The summed E-state index contributed by atoms with van der Waals surface area (Å²) in [5, 5.41) is -0.639. The van der Waals surface area contributed by atoms with Gasteiger partial charge in [-0.1, -0.05) is 0 Å². The number of aryl methyl sites for hydroxylation is 1. The fourth-order valence-corrected chi connectivity index (χ4v) is 3.30. The van der Waals surface area contributed by atoms with Crippen molar-refractivity contribution in [3.8, 4) is 17.0 Å². The number of nitrogens with one attached hydrogen (secondary N) is 1. The van der Waals surface area contributed by atoms with E-state index < -0.39 is 29.3 Å². The van der Waals surface area contributed by atoms with Crippen LogP contribution in [0.3, 0.4) is 0 Å². The third-order valence-electron chi connectivity index (χ3n) is 4.36. The van der Waals surface area contributed by atoms with Crippen molar-refractivity contribution < 1.29 is 31.4 Å². The SMILES string of the molecule is COCCCn1c(=S)[nH]c(=O)c2c(C(F)(F)F)cc(-c3ccc(OC(F)F)cc3)nc21. The summed E-state index contributed by atoms with van der Waals surface area (Å²) in [5.74, 6) is -0.158. The number of rotatable bonds is 7. The summed E-state index contributed by atoms with van der Waals surface area (Å²) in [4.78, 5) is 18.9. The number of pyridine rings is 1. The summed E-state index contributed by atoms with van der Waals surface area (Å²) in [6.07, 6.45) is -4.44. The van der Waals surface area contributed by atoms with Crippen molar-refractivity contribution in [2.24, 2.45) is 0 Å². The third-order valence-corrected chi connectivity index (χ3v) is 4.68. The number of halogens is 5.